The normalized spacial score (nSPS) is 10.1. The number of esters is 1. The first kappa shape index (κ1) is 14.0. The molecule has 11 heteroatoms. The van der Waals surface area contributed by atoms with Crippen molar-refractivity contribution in [1.29, 1.82) is 0 Å². The highest BCUT2D eigenvalue weighted by Crippen LogP contribution is 2.22. The fraction of sp³-hybridized carbons (Fsp3) is 0.100. The Morgan fingerprint density at radius 3 is 2.52 bits per heavy atom. The summed E-state index contributed by atoms with van der Waals surface area (Å²) < 4.78 is 5.31. The fourth-order valence-corrected chi connectivity index (χ4v) is 1.49. The highest BCUT2D eigenvalue weighted by atomic mass is 16.6. The summed E-state index contributed by atoms with van der Waals surface area (Å²) in [4.78, 5) is 35.3. The van der Waals surface area contributed by atoms with E-state index in [2.05, 4.69) is 14.8 Å². The molecule has 11 nitrogen and oxygen atoms in total. The summed E-state index contributed by atoms with van der Waals surface area (Å²) in [5, 5.41) is 25.2. The van der Waals surface area contributed by atoms with Gasteiger partial charge in [-0.1, -0.05) is 0 Å². The van der Waals surface area contributed by atoms with Gasteiger partial charge in [-0.25, -0.2) is 14.5 Å². The van der Waals surface area contributed by atoms with E-state index in [0.29, 0.717) is 0 Å². The molecule has 21 heavy (non-hydrogen) atoms. The van der Waals surface area contributed by atoms with Crippen LogP contribution in [0, 0.1) is 20.2 Å². The van der Waals surface area contributed by atoms with E-state index in [1.165, 1.54) is 0 Å². The smallest absolute Gasteiger partial charge is 0.356 e. The zero-order valence-electron chi connectivity index (χ0n) is 10.5. The molecule has 0 radical (unpaired) electrons. The van der Waals surface area contributed by atoms with Crippen LogP contribution in [-0.4, -0.2) is 37.7 Å². The average Bonchev–Trinajstić information content (AvgIpc) is 2.95. The molecule has 0 N–H and O–H groups in total. The van der Waals surface area contributed by atoms with Crippen LogP contribution in [0.5, 0.6) is 0 Å². The van der Waals surface area contributed by atoms with E-state index in [0.717, 1.165) is 36.3 Å². The van der Waals surface area contributed by atoms with Crippen molar-refractivity contribution < 1.29 is 19.4 Å². The molecule has 0 saturated carbocycles. The number of carbonyl (C=O) groups is 1. The van der Waals surface area contributed by atoms with Crippen molar-refractivity contribution >= 4 is 17.3 Å². The lowest BCUT2D eigenvalue weighted by Gasteiger charge is -2.03. The molecule has 0 aliphatic heterocycles. The lowest BCUT2D eigenvalue weighted by atomic mass is 10.3. The summed E-state index contributed by atoms with van der Waals surface area (Å²) in [5.41, 5.74) is -1.01. The van der Waals surface area contributed by atoms with Crippen molar-refractivity contribution in [3.05, 3.63) is 50.4 Å². The third kappa shape index (κ3) is 2.65. The lowest BCUT2D eigenvalue weighted by molar-refractivity contribution is -0.385. The number of ether oxygens (including phenoxy) is 1. The van der Waals surface area contributed by atoms with Crippen molar-refractivity contribution in [2.45, 2.75) is 0 Å². The van der Waals surface area contributed by atoms with Crippen LogP contribution in [0.25, 0.3) is 5.82 Å². The minimum Gasteiger partial charge on any atom is -0.464 e. The maximum absolute atomic E-state index is 11.4. The van der Waals surface area contributed by atoms with Gasteiger partial charge in [0.2, 0.25) is 5.82 Å². The summed E-state index contributed by atoms with van der Waals surface area (Å²) in [6, 6.07) is 2.16. The van der Waals surface area contributed by atoms with Gasteiger partial charge in [0.25, 0.3) is 0 Å². The molecule has 0 spiro atoms. The number of aromatic nitrogens is 3. The number of nitrogens with zero attached hydrogens (tertiary/aromatic N) is 5. The van der Waals surface area contributed by atoms with Crippen LogP contribution >= 0.6 is 0 Å². The fourth-order valence-electron chi connectivity index (χ4n) is 1.49. The molecule has 0 atom stereocenters. The summed E-state index contributed by atoms with van der Waals surface area (Å²) in [6.07, 6.45) is 1.87. The Morgan fingerprint density at radius 1 is 1.29 bits per heavy atom. The highest BCUT2D eigenvalue weighted by Gasteiger charge is 2.22. The minimum atomic E-state index is -0.798. The van der Waals surface area contributed by atoms with Gasteiger partial charge in [-0.2, -0.15) is 5.10 Å². The Hall–Kier alpha value is -3.37. The molecule has 108 valence electrons. The van der Waals surface area contributed by atoms with E-state index in [9.17, 15) is 25.0 Å². The van der Waals surface area contributed by atoms with E-state index < -0.39 is 21.5 Å². The Kier molecular flexibility index (Phi) is 3.56. The maximum Gasteiger partial charge on any atom is 0.356 e. The Morgan fingerprint density at radius 2 is 2.00 bits per heavy atom. The van der Waals surface area contributed by atoms with Gasteiger partial charge in [-0.3, -0.25) is 20.2 Å². The summed E-state index contributed by atoms with van der Waals surface area (Å²) in [6.45, 7) is 0. The van der Waals surface area contributed by atoms with Gasteiger partial charge in [0.1, 0.15) is 12.4 Å². The molecule has 2 aromatic heterocycles. The van der Waals surface area contributed by atoms with Gasteiger partial charge >= 0.3 is 17.3 Å². The van der Waals surface area contributed by atoms with Crippen LogP contribution < -0.4 is 0 Å². The second-order valence-electron chi connectivity index (χ2n) is 3.69. The summed E-state index contributed by atoms with van der Waals surface area (Å²) in [5.74, 6) is -1.12. The minimum absolute atomic E-state index is 0.184. The average molecular weight is 293 g/mol. The molecule has 0 aromatic carbocycles. The molecule has 0 bridgehead atoms. The monoisotopic (exact) mass is 293 g/mol. The second-order valence-corrected chi connectivity index (χ2v) is 3.69. The standard InChI is InChI=1S/C10H7N5O6/c1-21-10(16)7-2-3-8(15(19)20)9(12-7)13-5-6(4-11-13)14(17)18/h2-5H,1H3. The van der Waals surface area contributed by atoms with Crippen LogP contribution in [0.1, 0.15) is 10.5 Å². The van der Waals surface area contributed by atoms with Crippen molar-refractivity contribution in [2.75, 3.05) is 7.11 Å². The molecule has 0 aliphatic rings. The second kappa shape index (κ2) is 5.32. The van der Waals surface area contributed by atoms with E-state index in [1.54, 1.807) is 0 Å². The van der Waals surface area contributed by atoms with E-state index in [-0.39, 0.29) is 17.2 Å². The zero-order chi connectivity index (χ0) is 15.6. The van der Waals surface area contributed by atoms with Gasteiger partial charge in [0.05, 0.1) is 17.0 Å². The van der Waals surface area contributed by atoms with Crippen molar-refractivity contribution in [3.8, 4) is 5.82 Å². The van der Waals surface area contributed by atoms with Crippen molar-refractivity contribution in [3.63, 3.8) is 0 Å². The first-order chi connectivity index (χ1) is 9.93. The highest BCUT2D eigenvalue weighted by molar-refractivity contribution is 5.87. The lowest BCUT2D eigenvalue weighted by Crippen LogP contribution is -2.10. The maximum atomic E-state index is 11.4. The number of rotatable bonds is 4. The molecule has 2 heterocycles. The molecule has 0 saturated heterocycles. The van der Waals surface area contributed by atoms with Crippen molar-refractivity contribution in [1.82, 2.24) is 14.8 Å². The SMILES string of the molecule is COC(=O)c1ccc([N+](=O)[O-])c(-n2cc([N+](=O)[O-])cn2)n1. The Labute approximate surface area is 116 Å². The Bertz CT molecular complexity index is 739. The molecule has 2 rings (SSSR count). The molecule has 0 fully saturated rings. The van der Waals surface area contributed by atoms with Gasteiger partial charge < -0.3 is 4.74 Å². The zero-order valence-corrected chi connectivity index (χ0v) is 10.5. The number of nitro groups is 2. The van der Waals surface area contributed by atoms with E-state index in [1.807, 2.05) is 0 Å². The molecular weight excluding hydrogens is 286 g/mol. The van der Waals surface area contributed by atoms with E-state index >= 15 is 0 Å². The topological polar surface area (TPSA) is 143 Å². The predicted octanol–water partition coefficient (Wildman–Crippen LogP) is 0.870. The largest absolute Gasteiger partial charge is 0.464 e. The molecule has 0 unspecified atom stereocenters. The predicted molar refractivity (Wildman–Crippen MR) is 66.0 cm³/mol. The number of carbonyl (C=O) groups excluding carboxylic acids is 1. The van der Waals surface area contributed by atoms with Gasteiger partial charge in [0, 0.05) is 6.07 Å². The molecule has 0 amide bonds. The van der Waals surface area contributed by atoms with E-state index in [4.69, 9.17) is 0 Å². The van der Waals surface area contributed by atoms with Gasteiger partial charge in [-0.15, -0.1) is 0 Å². The molecule has 0 aliphatic carbocycles. The first-order valence-electron chi connectivity index (χ1n) is 5.37. The van der Waals surface area contributed by atoms with Gasteiger partial charge in [-0.05, 0) is 6.07 Å². The van der Waals surface area contributed by atoms with Crippen molar-refractivity contribution in [2.24, 2.45) is 0 Å². The van der Waals surface area contributed by atoms with Crippen LogP contribution in [0.3, 0.4) is 0 Å². The third-order valence-electron chi connectivity index (χ3n) is 2.44. The number of pyridine rings is 1. The van der Waals surface area contributed by atoms with Gasteiger partial charge in [0.15, 0.2) is 5.69 Å². The summed E-state index contributed by atoms with van der Waals surface area (Å²) in [7, 11) is 1.13. The van der Waals surface area contributed by atoms with Crippen LogP contribution in [0.2, 0.25) is 0 Å². The number of hydrogen-bond acceptors (Lipinski definition) is 8. The number of methoxy groups -OCH3 is 1. The quantitative estimate of drug-likeness (QED) is 0.458. The Balaban J connectivity index is 2.59. The van der Waals surface area contributed by atoms with Crippen LogP contribution in [-0.2, 0) is 4.74 Å². The number of hydrogen-bond donors (Lipinski definition) is 0. The molecule has 2 aromatic rings. The summed E-state index contributed by atoms with van der Waals surface area (Å²) >= 11 is 0. The van der Waals surface area contributed by atoms with Crippen LogP contribution in [0.4, 0.5) is 11.4 Å². The third-order valence-corrected chi connectivity index (χ3v) is 2.44. The first-order valence-corrected chi connectivity index (χ1v) is 5.37. The van der Waals surface area contributed by atoms with Crippen LogP contribution in [0.15, 0.2) is 24.5 Å². The molecular formula is C10H7N5O6.